The Kier molecular flexibility index (Phi) is 3.53. The van der Waals surface area contributed by atoms with E-state index in [9.17, 15) is 18.0 Å². The van der Waals surface area contributed by atoms with Crippen LogP contribution in [0.5, 0.6) is 0 Å². The van der Waals surface area contributed by atoms with E-state index in [0.717, 1.165) is 17.7 Å². The minimum Gasteiger partial charge on any atom is -0.398 e. The van der Waals surface area contributed by atoms with Gasteiger partial charge in [0.25, 0.3) is 0 Å². The fourth-order valence-corrected chi connectivity index (χ4v) is 1.96. The van der Waals surface area contributed by atoms with E-state index in [2.05, 4.69) is 0 Å². The van der Waals surface area contributed by atoms with Crippen LogP contribution in [-0.4, -0.2) is 5.78 Å². The normalized spacial score (nSPS) is 11.4. The molecule has 2 aromatic carbocycles. The average Bonchev–Trinajstić information content (AvgIpc) is 2.37. The van der Waals surface area contributed by atoms with Crippen molar-refractivity contribution in [3.8, 4) is 0 Å². The van der Waals surface area contributed by atoms with Crippen molar-refractivity contribution in [1.29, 1.82) is 0 Å². The van der Waals surface area contributed by atoms with E-state index in [1.807, 2.05) is 0 Å². The van der Waals surface area contributed by atoms with Gasteiger partial charge in [0.05, 0.1) is 5.56 Å². The Morgan fingerprint density at radius 2 is 1.70 bits per heavy atom. The van der Waals surface area contributed by atoms with E-state index < -0.39 is 23.1 Å². The highest BCUT2D eigenvalue weighted by Crippen LogP contribution is 2.33. The lowest BCUT2D eigenvalue weighted by molar-refractivity contribution is -0.137. The number of anilines is 1. The number of benzene rings is 2. The summed E-state index contributed by atoms with van der Waals surface area (Å²) < 4.78 is 38.7. The second-order valence-electron chi connectivity index (χ2n) is 4.46. The molecule has 104 valence electrons. The first kappa shape index (κ1) is 14.1. The van der Waals surface area contributed by atoms with E-state index >= 15 is 0 Å². The maximum atomic E-state index is 12.9. The molecule has 0 spiro atoms. The summed E-state index contributed by atoms with van der Waals surface area (Å²) in [6.45, 7) is 1.79. The molecule has 2 aromatic rings. The number of hydrogen-bond donors (Lipinski definition) is 1. The highest BCUT2D eigenvalue weighted by Gasteiger charge is 2.35. The zero-order valence-corrected chi connectivity index (χ0v) is 10.7. The molecule has 5 heteroatoms. The van der Waals surface area contributed by atoms with Gasteiger partial charge in [-0.2, -0.15) is 13.2 Å². The third kappa shape index (κ3) is 2.66. The molecule has 0 aromatic heterocycles. The van der Waals surface area contributed by atoms with Crippen LogP contribution in [0.1, 0.15) is 27.0 Å². The third-order valence-corrected chi connectivity index (χ3v) is 2.93. The summed E-state index contributed by atoms with van der Waals surface area (Å²) in [7, 11) is 0. The maximum Gasteiger partial charge on any atom is 0.417 e. The van der Waals surface area contributed by atoms with Crippen LogP contribution >= 0.6 is 0 Å². The van der Waals surface area contributed by atoms with Gasteiger partial charge in [-0.15, -0.1) is 0 Å². The van der Waals surface area contributed by atoms with Crippen LogP contribution in [0.25, 0.3) is 0 Å². The van der Waals surface area contributed by atoms with Crippen molar-refractivity contribution in [3.05, 3.63) is 64.7 Å². The van der Waals surface area contributed by atoms with Gasteiger partial charge in [-0.05, 0) is 30.7 Å². The van der Waals surface area contributed by atoms with E-state index in [1.54, 1.807) is 19.1 Å². The lowest BCUT2D eigenvalue weighted by Gasteiger charge is -2.13. The predicted molar refractivity (Wildman–Crippen MR) is 70.5 cm³/mol. The summed E-state index contributed by atoms with van der Waals surface area (Å²) in [5.74, 6) is -0.726. The third-order valence-electron chi connectivity index (χ3n) is 2.93. The molecule has 20 heavy (non-hydrogen) atoms. The van der Waals surface area contributed by atoms with Gasteiger partial charge in [-0.25, -0.2) is 0 Å². The van der Waals surface area contributed by atoms with Crippen molar-refractivity contribution in [2.45, 2.75) is 13.1 Å². The number of hydrogen-bond acceptors (Lipinski definition) is 2. The van der Waals surface area contributed by atoms with Crippen molar-refractivity contribution >= 4 is 11.5 Å². The van der Waals surface area contributed by atoms with Crippen molar-refractivity contribution < 1.29 is 18.0 Å². The molecule has 0 radical (unpaired) electrons. The summed E-state index contributed by atoms with van der Waals surface area (Å²) in [4.78, 5) is 12.3. The van der Waals surface area contributed by atoms with E-state index in [4.69, 9.17) is 5.73 Å². The van der Waals surface area contributed by atoms with Crippen molar-refractivity contribution in [3.63, 3.8) is 0 Å². The Morgan fingerprint density at radius 1 is 1.05 bits per heavy atom. The lowest BCUT2D eigenvalue weighted by Crippen LogP contribution is -2.14. The van der Waals surface area contributed by atoms with Crippen molar-refractivity contribution in [1.82, 2.24) is 0 Å². The Balaban J connectivity index is 2.55. The smallest absolute Gasteiger partial charge is 0.398 e. The van der Waals surface area contributed by atoms with Gasteiger partial charge in [-0.1, -0.05) is 24.3 Å². The maximum absolute atomic E-state index is 12.9. The van der Waals surface area contributed by atoms with Gasteiger partial charge in [0.1, 0.15) is 0 Å². The van der Waals surface area contributed by atoms with E-state index in [-0.39, 0.29) is 11.3 Å². The Hall–Kier alpha value is -2.30. The quantitative estimate of drug-likeness (QED) is 0.670. The fourth-order valence-electron chi connectivity index (χ4n) is 1.96. The summed E-state index contributed by atoms with van der Waals surface area (Å²) in [6.07, 6.45) is -4.58. The number of rotatable bonds is 2. The lowest BCUT2D eigenvalue weighted by atomic mass is 9.96. The first-order valence-electron chi connectivity index (χ1n) is 5.88. The van der Waals surface area contributed by atoms with Crippen LogP contribution in [0.15, 0.2) is 42.5 Å². The van der Waals surface area contributed by atoms with Crippen LogP contribution in [0.2, 0.25) is 0 Å². The Morgan fingerprint density at radius 3 is 2.30 bits per heavy atom. The molecule has 0 saturated heterocycles. The topological polar surface area (TPSA) is 43.1 Å². The van der Waals surface area contributed by atoms with Crippen molar-refractivity contribution in [2.24, 2.45) is 0 Å². The largest absolute Gasteiger partial charge is 0.417 e. The summed E-state index contributed by atoms with van der Waals surface area (Å²) >= 11 is 0. The van der Waals surface area contributed by atoms with Crippen LogP contribution in [0, 0.1) is 6.92 Å². The van der Waals surface area contributed by atoms with Crippen LogP contribution in [0.4, 0.5) is 18.9 Å². The molecule has 2 nitrogen and oxygen atoms in total. The minimum absolute atomic E-state index is 0.0762. The molecule has 0 atom stereocenters. The van der Waals surface area contributed by atoms with Crippen LogP contribution in [0.3, 0.4) is 0 Å². The predicted octanol–water partition coefficient (Wildman–Crippen LogP) is 3.83. The molecule has 0 unspecified atom stereocenters. The van der Waals surface area contributed by atoms with Crippen LogP contribution < -0.4 is 5.73 Å². The number of carbonyl (C=O) groups is 1. The molecule has 0 fully saturated rings. The van der Waals surface area contributed by atoms with Gasteiger partial charge in [0, 0.05) is 16.8 Å². The number of halogens is 3. The molecule has 2 N–H and O–H groups in total. The molecule has 0 aliphatic heterocycles. The SMILES string of the molecule is Cc1ccc(C(=O)c2ccccc2C(F)(F)F)c(N)c1. The second kappa shape index (κ2) is 5.00. The standard InChI is InChI=1S/C15H12F3NO/c1-9-6-7-11(13(19)8-9)14(20)10-4-2-3-5-12(10)15(16,17)18/h2-8H,19H2,1H3. The highest BCUT2D eigenvalue weighted by molar-refractivity contribution is 6.13. The van der Waals surface area contributed by atoms with Crippen molar-refractivity contribution in [2.75, 3.05) is 5.73 Å². The van der Waals surface area contributed by atoms with Crippen LogP contribution in [-0.2, 0) is 6.18 Å². The molecule has 0 bridgehead atoms. The van der Waals surface area contributed by atoms with Gasteiger partial charge in [0.15, 0.2) is 5.78 Å². The molecule has 0 saturated carbocycles. The molecular weight excluding hydrogens is 267 g/mol. The fraction of sp³-hybridized carbons (Fsp3) is 0.133. The zero-order chi connectivity index (χ0) is 14.9. The number of carbonyl (C=O) groups excluding carboxylic acids is 1. The first-order valence-corrected chi connectivity index (χ1v) is 5.88. The molecule has 0 aliphatic carbocycles. The number of alkyl halides is 3. The van der Waals surface area contributed by atoms with Gasteiger partial charge < -0.3 is 5.73 Å². The van der Waals surface area contributed by atoms with Gasteiger partial charge in [0.2, 0.25) is 0 Å². The van der Waals surface area contributed by atoms with Gasteiger partial charge >= 0.3 is 6.18 Å². The molecule has 0 amide bonds. The summed E-state index contributed by atoms with van der Waals surface area (Å²) in [5, 5.41) is 0. The van der Waals surface area contributed by atoms with E-state index in [1.165, 1.54) is 18.2 Å². The summed E-state index contributed by atoms with van der Waals surface area (Å²) in [6, 6.07) is 9.33. The average molecular weight is 279 g/mol. The number of ketones is 1. The van der Waals surface area contributed by atoms with Gasteiger partial charge in [-0.3, -0.25) is 4.79 Å². The number of nitrogens with two attached hydrogens (primary N) is 1. The van der Waals surface area contributed by atoms with E-state index in [0.29, 0.717) is 0 Å². The molecule has 0 heterocycles. The number of aryl methyl sites for hydroxylation is 1. The second-order valence-corrected chi connectivity index (χ2v) is 4.46. The minimum atomic E-state index is -4.58. The Bertz CT molecular complexity index is 662. The molecule has 2 rings (SSSR count). The highest BCUT2D eigenvalue weighted by atomic mass is 19.4. The molecular formula is C15H12F3NO. The Labute approximate surface area is 114 Å². The molecule has 0 aliphatic rings. The summed E-state index contributed by atoms with van der Waals surface area (Å²) in [5.41, 5.74) is 5.46. The zero-order valence-electron chi connectivity index (χ0n) is 10.7. The first-order chi connectivity index (χ1) is 9.30. The monoisotopic (exact) mass is 279 g/mol. The number of nitrogen functional groups attached to an aromatic ring is 1.